The molecule has 2 aromatic heterocycles. The van der Waals surface area contributed by atoms with Crippen molar-refractivity contribution in [1.82, 2.24) is 20.3 Å². The normalized spacial score (nSPS) is 17.8. The molecule has 1 aliphatic heterocycles. The predicted molar refractivity (Wildman–Crippen MR) is 96.9 cm³/mol. The number of benzene rings is 1. The molecule has 1 aromatic carbocycles. The lowest BCUT2D eigenvalue weighted by Crippen LogP contribution is -2.23. The molecule has 1 fully saturated rings. The fourth-order valence-corrected chi connectivity index (χ4v) is 3.72. The summed E-state index contributed by atoms with van der Waals surface area (Å²) in [6.07, 6.45) is 6.07. The van der Waals surface area contributed by atoms with Crippen LogP contribution in [0.5, 0.6) is 0 Å². The number of rotatable bonds is 6. The van der Waals surface area contributed by atoms with Crippen molar-refractivity contribution in [2.75, 3.05) is 6.54 Å². The number of aryl methyl sites for hydroxylation is 1. The van der Waals surface area contributed by atoms with Crippen molar-refractivity contribution < 1.29 is 8.91 Å². The maximum Gasteiger partial charge on any atom is 0.137 e. The topological polar surface area (TPSA) is 58.0 Å². The summed E-state index contributed by atoms with van der Waals surface area (Å²) in [4.78, 5) is 2.42. The van der Waals surface area contributed by atoms with Gasteiger partial charge in [0.25, 0.3) is 0 Å². The van der Waals surface area contributed by atoms with E-state index in [2.05, 4.69) is 33.2 Å². The summed E-state index contributed by atoms with van der Waals surface area (Å²) in [7, 11) is 0. The Bertz CT molecular complexity index is 855. The minimum Gasteiger partial charge on any atom is -0.361 e. The van der Waals surface area contributed by atoms with Crippen LogP contribution in [0, 0.1) is 5.82 Å². The van der Waals surface area contributed by atoms with Crippen LogP contribution in [-0.2, 0) is 13.0 Å². The van der Waals surface area contributed by atoms with Crippen molar-refractivity contribution in [3.8, 4) is 11.3 Å². The molecule has 3 aromatic rings. The second-order valence-electron chi connectivity index (χ2n) is 6.87. The minimum atomic E-state index is -0.233. The lowest BCUT2D eigenvalue weighted by Gasteiger charge is -2.22. The van der Waals surface area contributed by atoms with Crippen molar-refractivity contribution in [2.45, 2.75) is 45.2 Å². The Kier molecular flexibility index (Phi) is 4.84. The fourth-order valence-electron chi connectivity index (χ4n) is 3.72. The van der Waals surface area contributed by atoms with Gasteiger partial charge >= 0.3 is 0 Å². The van der Waals surface area contributed by atoms with Gasteiger partial charge in [0.1, 0.15) is 17.3 Å². The first-order chi connectivity index (χ1) is 12.7. The zero-order valence-corrected chi connectivity index (χ0v) is 14.9. The van der Waals surface area contributed by atoms with E-state index in [4.69, 9.17) is 4.52 Å². The molecule has 1 aliphatic rings. The molecule has 0 amide bonds. The maximum absolute atomic E-state index is 13.2. The van der Waals surface area contributed by atoms with Crippen LogP contribution in [0.2, 0.25) is 0 Å². The van der Waals surface area contributed by atoms with Crippen LogP contribution >= 0.6 is 0 Å². The van der Waals surface area contributed by atoms with E-state index in [0.29, 0.717) is 0 Å². The molecule has 1 unspecified atom stereocenters. The van der Waals surface area contributed by atoms with Gasteiger partial charge in [-0.3, -0.25) is 10.00 Å². The van der Waals surface area contributed by atoms with E-state index >= 15 is 0 Å². The van der Waals surface area contributed by atoms with Gasteiger partial charge in [0.15, 0.2) is 0 Å². The Hall–Kier alpha value is -2.47. The summed E-state index contributed by atoms with van der Waals surface area (Å²) < 4.78 is 18.7. The number of halogens is 1. The van der Waals surface area contributed by atoms with Gasteiger partial charge in [-0.25, -0.2) is 4.39 Å². The Morgan fingerprint density at radius 3 is 2.96 bits per heavy atom. The number of likely N-dealkylation sites (tertiary alicyclic amines) is 1. The highest BCUT2D eigenvalue weighted by atomic mass is 19.1. The van der Waals surface area contributed by atoms with E-state index in [1.165, 1.54) is 12.1 Å². The van der Waals surface area contributed by atoms with Gasteiger partial charge in [0.05, 0.1) is 17.9 Å². The van der Waals surface area contributed by atoms with Crippen molar-refractivity contribution in [1.29, 1.82) is 0 Å². The quantitative estimate of drug-likeness (QED) is 0.708. The van der Waals surface area contributed by atoms with Gasteiger partial charge in [0, 0.05) is 30.2 Å². The summed E-state index contributed by atoms with van der Waals surface area (Å²) in [6, 6.07) is 8.89. The van der Waals surface area contributed by atoms with E-state index in [1.807, 2.05) is 6.20 Å². The van der Waals surface area contributed by atoms with E-state index in [9.17, 15) is 4.39 Å². The predicted octanol–water partition coefficient (Wildman–Crippen LogP) is 4.49. The third-order valence-corrected chi connectivity index (χ3v) is 5.00. The summed E-state index contributed by atoms with van der Waals surface area (Å²) in [5.41, 5.74) is 4.03. The highest BCUT2D eigenvalue weighted by Crippen LogP contribution is 2.34. The van der Waals surface area contributed by atoms with E-state index < -0.39 is 0 Å². The van der Waals surface area contributed by atoms with Crippen molar-refractivity contribution in [3.05, 3.63) is 59.4 Å². The third-order valence-electron chi connectivity index (χ3n) is 5.00. The largest absolute Gasteiger partial charge is 0.361 e. The second kappa shape index (κ2) is 7.41. The first kappa shape index (κ1) is 17.0. The third kappa shape index (κ3) is 3.42. The van der Waals surface area contributed by atoms with Crippen LogP contribution in [0.15, 0.2) is 41.1 Å². The number of aromatic amines is 1. The smallest absolute Gasteiger partial charge is 0.137 e. The zero-order chi connectivity index (χ0) is 17.9. The molecule has 3 heterocycles. The van der Waals surface area contributed by atoms with Crippen molar-refractivity contribution >= 4 is 0 Å². The molecule has 0 radical (unpaired) electrons. The van der Waals surface area contributed by atoms with Gasteiger partial charge in [0.2, 0.25) is 0 Å². The molecule has 1 atom stereocenters. The standard InChI is InChI=1S/C20H23FN4O/c1-2-4-17-11-18(24-26-17)19-5-3-10-25(19)13-15-12-22-23-20(15)14-6-8-16(21)9-7-14/h6-9,11-12,19H,2-5,10,13H2,1H3,(H,22,23). The molecule has 0 spiro atoms. The Morgan fingerprint density at radius 2 is 2.15 bits per heavy atom. The van der Waals surface area contributed by atoms with Gasteiger partial charge in [-0.1, -0.05) is 12.1 Å². The van der Waals surface area contributed by atoms with Crippen LogP contribution in [0.1, 0.15) is 49.2 Å². The molecule has 26 heavy (non-hydrogen) atoms. The molecule has 6 heteroatoms. The molecular formula is C20H23FN4O. The van der Waals surface area contributed by atoms with Crippen LogP contribution in [0.25, 0.3) is 11.3 Å². The Balaban J connectivity index is 1.53. The summed E-state index contributed by atoms with van der Waals surface area (Å²) in [6.45, 7) is 3.94. The van der Waals surface area contributed by atoms with E-state index in [-0.39, 0.29) is 11.9 Å². The first-order valence-corrected chi connectivity index (χ1v) is 9.22. The van der Waals surface area contributed by atoms with Crippen LogP contribution in [0.3, 0.4) is 0 Å². The Labute approximate surface area is 152 Å². The van der Waals surface area contributed by atoms with Gasteiger partial charge in [-0.05, 0) is 50.1 Å². The molecule has 1 saturated heterocycles. The van der Waals surface area contributed by atoms with Crippen LogP contribution in [-0.4, -0.2) is 26.8 Å². The molecular weight excluding hydrogens is 331 g/mol. The molecule has 0 bridgehead atoms. The van der Waals surface area contributed by atoms with E-state index in [0.717, 1.165) is 67.0 Å². The number of aromatic nitrogens is 3. The van der Waals surface area contributed by atoms with E-state index in [1.54, 1.807) is 12.1 Å². The zero-order valence-electron chi connectivity index (χ0n) is 14.9. The lowest BCUT2D eigenvalue weighted by molar-refractivity contribution is 0.236. The van der Waals surface area contributed by atoms with Crippen molar-refractivity contribution in [2.24, 2.45) is 0 Å². The molecule has 0 aliphatic carbocycles. The number of H-pyrrole nitrogens is 1. The number of nitrogens with zero attached hydrogens (tertiary/aromatic N) is 3. The van der Waals surface area contributed by atoms with Gasteiger partial charge < -0.3 is 4.52 Å². The molecule has 5 nitrogen and oxygen atoms in total. The highest BCUT2D eigenvalue weighted by molar-refractivity contribution is 5.62. The number of nitrogens with one attached hydrogen (secondary N) is 1. The van der Waals surface area contributed by atoms with Crippen LogP contribution < -0.4 is 0 Å². The second-order valence-corrected chi connectivity index (χ2v) is 6.87. The monoisotopic (exact) mass is 354 g/mol. The maximum atomic E-state index is 13.2. The SMILES string of the molecule is CCCc1cc(C2CCCN2Cc2cn[nH]c2-c2ccc(F)cc2)no1. The molecule has 1 N–H and O–H groups in total. The fraction of sp³-hybridized carbons (Fsp3) is 0.400. The summed E-state index contributed by atoms with van der Waals surface area (Å²) in [5.74, 6) is 0.730. The average molecular weight is 354 g/mol. The molecule has 0 saturated carbocycles. The molecule has 136 valence electrons. The van der Waals surface area contributed by atoms with Crippen LogP contribution in [0.4, 0.5) is 4.39 Å². The van der Waals surface area contributed by atoms with Gasteiger partial charge in [-0.2, -0.15) is 5.10 Å². The number of hydrogen-bond acceptors (Lipinski definition) is 4. The highest BCUT2D eigenvalue weighted by Gasteiger charge is 2.29. The average Bonchev–Trinajstić information content (AvgIpc) is 3.37. The Morgan fingerprint density at radius 1 is 1.31 bits per heavy atom. The summed E-state index contributed by atoms with van der Waals surface area (Å²) >= 11 is 0. The summed E-state index contributed by atoms with van der Waals surface area (Å²) in [5, 5.41) is 11.6. The lowest BCUT2D eigenvalue weighted by atomic mass is 10.1. The van der Waals surface area contributed by atoms with Gasteiger partial charge in [-0.15, -0.1) is 0 Å². The molecule has 4 rings (SSSR count). The first-order valence-electron chi connectivity index (χ1n) is 9.22. The minimum absolute atomic E-state index is 0.233. The van der Waals surface area contributed by atoms with Crippen molar-refractivity contribution in [3.63, 3.8) is 0 Å². The number of hydrogen-bond donors (Lipinski definition) is 1.